The first-order valence-electron chi connectivity index (χ1n) is 9.67. The van der Waals surface area contributed by atoms with Gasteiger partial charge in [-0.25, -0.2) is 4.98 Å². The molecule has 2 heterocycles. The second-order valence-electron chi connectivity index (χ2n) is 7.23. The summed E-state index contributed by atoms with van der Waals surface area (Å²) in [6.07, 6.45) is 0.360. The van der Waals surface area contributed by atoms with Crippen molar-refractivity contribution in [1.29, 1.82) is 0 Å². The van der Waals surface area contributed by atoms with Gasteiger partial charge in [0.15, 0.2) is 0 Å². The lowest BCUT2D eigenvalue weighted by atomic mass is 10.0. The fraction of sp³-hybridized carbons (Fsp3) is 0.304. The van der Waals surface area contributed by atoms with Crippen molar-refractivity contribution in [3.8, 4) is 22.5 Å². The molecule has 0 saturated carbocycles. The van der Waals surface area contributed by atoms with Crippen molar-refractivity contribution < 1.29 is 14.6 Å². The van der Waals surface area contributed by atoms with E-state index in [-0.39, 0.29) is 18.5 Å². The van der Waals surface area contributed by atoms with E-state index >= 15 is 0 Å². The molecule has 1 fully saturated rings. The molecule has 2 aromatic carbocycles. The molecule has 0 radical (unpaired) electrons. The standard InChI is InChI=1S/C23H24N2O3/c1-16-24-22(17-8-4-2-5-9-17)23(18-10-6-3-7-11-18)25(16)13-12-20-14-19(26)15-21(27)28-20/h2-11,19-20,26H,12-15H2,1H3/t19-,20-/m0/s1. The largest absolute Gasteiger partial charge is 0.462 e. The Balaban J connectivity index is 1.69. The molecule has 0 bridgehead atoms. The minimum Gasteiger partial charge on any atom is -0.462 e. The highest BCUT2D eigenvalue weighted by Crippen LogP contribution is 2.33. The van der Waals surface area contributed by atoms with E-state index in [0.29, 0.717) is 19.4 Å². The Morgan fingerprint density at radius 3 is 2.36 bits per heavy atom. The Bertz CT molecular complexity index is 951. The number of benzene rings is 2. The number of imidazole rings is 1. The van der Waals surface area contributed by atoms with Gasteiger partial charge < -0.3 is 14.4 Å². The van der Waals surface area contributed by atoms with Gasteiger partial charge in [-0.05, 0) is 6.92 Å². The maximum atomic E-state index is 11.6. The van der Waals surface area contributed by atoms with E-state index in [9.17, 15) is 9.90 Å². The molecule has 2 atom stereocenters. The van der Waals surface area contributed by atoms with Crippen molar-refractivity contribution in [3.63, 3.8) is 0 Å². The molecule has 28 heavy (non-hydrogen) atoms. The van der Waals surface area contributed by atoms with Crippen molar-refractivity contribution in [1.82, 2.24) is 9.55 Å². The highest BCUT2D eigenvalue weighted by atomic mass is 16.5. The maximum Gasteiger partial charge on any atom is 0.308 e. The van der Waals surface area contributed by atoms with Gasteiger partial charge in [-0.2, -0.15) is 0 Å². The minimum atomic E-state index is -0.608. The lowest BCUT2D eigenvalue weighted by Gasteiger charge is -2.26. The number of cyclic esters (lactones) is 1. The summed E-state index contributed by atoms with van der Waals surface area (Å²) in [4.78, 5) is 16.5. The number of hydrogen-bond donors (Lipinski definition) is 1. The van der Waals surface area contributed by atoms with E-state index in [4.69, 9.17) is 9.72 Å². The molecule has 5 heteroatoms. The minimum absolute atomic E-state index is 0.0913. The van der Waals surface area contributed by atoms with Crippen molar-refractivity contribution in [2.24, 2.45) is 0 Å². The number of aromatic nitrogens is 2. The summed E-state index contributed by atoms with van der Waals surface area (Å²) in [5.74, 6) is 0.597. The molecule has 1 aliphatic rings. The van der Waals surface area contributed by atoms with Crippen LogP contribution in [0.15, 0.2) is 60.7 Å². The number of nitrogens with zero attached hydrogens (tertiary/aromatic N) is 2. The van der Waals surface area contributed by atoms with Crippen LogP contribution < -0.4 is 0 Å². The average Bonchev–Trinajstić information content (AvgIpc) is 3.03. The van der Waals surface area contributed by atoms with Gasteiger partial charge in [0, 0.05) is 30.5 Å². The number of aliphatic hydroxyl groups excluding tert-OH is 1. The number of carbonyl (C=O) groups is 1. The number of carbonyl (C=O) groups excluding carboxylic acids is 1. The zero-order valence-corrected chi connectivity index (χ0v) is 15.9. The van der Waals surface area contributed by atoms with E-state index in [1.807, 2.05) is 43.3 Å². The zero-order chi connectivity index (χ0) is 19.5. The third-order valence-corrected chi connectivity index (χ3v) is 5.16. The SMILES string of the molecule is Cc1nc(-c2ccccc2)c(-c2ccccc2)n1CC[C@H]1C[C@H](O)CC(=O)O1. The van der Waals surface area contributed by atoms with Gasteiger partial charge in [-0.15, -0.1) is 0 Å². The van der Waals surface area contributed by atoms with Gasteiger partial charge in [0.1, 0.15) is 11.9 Å². The number of aryl methyl sites for hydroxylation is 1. The van der Waals surface area contributed by atoms with Crippen LogP contribution in [0, 0.1) is 6.92 Å². The molecule has 0 unspecified atom stereocenters. The highest BCUT2D eigenvalue weighted by Gasteiger charge is 2.27. The molecule has 0 spiro atoms. The van der Waals surface area contributed by atoms with Crippen LogP contribution in [0.2, 0.25) is 0 Å². The lowest BCUT2D eigenvalue weighted by molar-refractivity contribution is -0.160. The van der Waals surface area contributed by atoms with Crippen molar-refractivity contribution in [2.75, 3.05) is 0 Å². The molecular weight excluding hydrogens is 352 g/mol. The Hall–Kier alpha value is -2.92. The average molecular weight is 376 g/mol. The Labute approximate surface area is 164 Å². The van der Waals surface area contributed by atoms with Gasteiger partial charge in [0.05, 0.1) is 23.9 Å². The second-order valence-corrected chi connectivity index (χ2v) is 7.23. The van der Waals surface area contributed by atoms with Crippen molar-refractivity contribution >= 4 is 5.97 Å². The fourth-order valence-electron chi connectivity index (χ4n) is 3.84. The Kier molecular flexibility index (Phi) is 5.26. The molecule has 4 rings (SSSR count). The van der Waals surface area contributed by atoms with Gasteiger partial charge in [-0.3, -0.25) is 4.79 Å². The molecule has 1 saturated heterocycles. The predicted octanol–water partition coefficient (Wildman–Crippen LogP) is 3.98. The first-order chi connectivity index (χ1) is 13.6. The van der Waals surface area contributed by atoms with Crippen LogP contribution in [-0.2, 0) is 16.1 Å². The molecule has 144 valence electrons. The number of aliphatic hydroxyl groups is 1. The van der Waals surface area contributed by atoms with Crippen LogP contribution in [0.5, 0.6) is 0 Å². The van der Waals surface area contributed by atoms with Gasteiger partial charge in [0.2, 0.25) is 0 Å². The molecule has 1 aromatic heterocycles. The number of rotatable bonds is 5. The quantitative estimate of drug-likeness (QED) is 0.684. The van der Waals surface area contributed by atoms with E-state index in [1.165, 1.54) is 0 Å². The highest BCUT2D eigenvalue weighted by molar-refractivity contribution is 5.79. The van der Waals surface area contributed by atoms with E-state index in [1.54, 1.807) is 0 Å². The summed E-state index contributed by atoms with van der Waals surface area (Å²) in [6, 6.07) is 20.4. The Morgan fingerprint density at radius 2 is 1.71 bits per heavy atom. The molecule has 0 amide bonds. The van der Waals surface area contributed by atoms with Crippen LogP contribution in [0.25, 0.3) is 22.5 Å². The van der Waals surface area contributed by atoms with Crippen LogP contribution in [-0.4, -0.2) is 32.8 Å². The molecule has 3 aromatic rings. The topological polar surface area (TPSA) is 64.3 Å². The summed E-state index contributed by atoms with van der Waals surface area (Å²) in [7, 11) is 0. The fourth-order valence-corrected chi connectivity index (χ4v) is 3.84. The Morgan fingerprint density at radius 1 is 1.07 bits per heavy atom. The van der Waals surface area contributed by atoms with Crippen LogP contribution in [0.1, 0.15) is 25.1 Å². The molecule has 1 N–H and O–H groups in total. The summed E-state index contributed by atoms with van der Waals surface area (Å²) in [5.41, 5.74) is 4.18. The normalized spacial score (nSPS) is 19.4. The summed E-state index contributed by atoms with van der Waals surface area (Å²) in [6.45, 7) is 2.67. The molecule has 1 aliphatic heterocycles. The molecular formula is C23H24N2O3. The number of hydrogen-bond acceptors (Lipinski definition) is 4. The summed E-state index contributed by atoms with van der Waals surface area (Å²) >= 11 is 0. The smallest absolute Gasteiger partial charge is 0.308 e. The van der Waals surface area contributed by atoms with Crippen LogP contribution in [0.3, 0.4) is 0 Å². The number of ether oxygens (including phenoxy) is 1. The summed E-state index contributed by atoms with van der Waals surface area (Å²) < 4.78 is 7.61. The van der Waals surface area contributed by atoms with Gasteiger partial charge >= 0.3 is 5.97 Å². The maximum absolute atomic E-state index is 11.6. The first kappa shape index (κ1) is 18.4. The van der Waals surface area contributed by atoms with Crippen molar-refractivity contribution in [2.45, 2.75) is 44.9 Å². The van der Waals surface area contributed by atoms with E-state index in [2.05, 4.69) is 28.8 Å². The lowest BCUT2D eigenvalue weighted by Crippen LogP contribution is -2.33. The van der Waals surface area contributed by atoms with Gasteiger partial charge in [0.25, 0.3) is 0 Å². The monoisotopic (exact) mass is 376 g/mol. The number of esters is 1. The van der Waals surface area contributed by atoms with Crippen molar-refractivity contribution in [3.05, 3.63) is 66.5 Å². The summed E-state index contributed by atoms with van der Waals surface area (Å²) in [5, 5.41) is 9.87. The third kappa shape index (κ3) is 3.85. The first-order valence-corrected chi connectivity index (χ1v) is 9.67. The van der Waals surface area contributed by atoms with Gasteiger partial charge in [-0.1, -0.05) is 60.7 Å². The third-order valence-electron chi connectivity index (χ3n) is 5.16. The molecule has 0 aliphatic carbocycles. The predicted molar refractivity (Wildman–Crippen MR) is 108 cm³/mol. The zero-order valence-electron chi connectivity index (χ0n) is 15.9. The second kappa shape index (κ2) is 7.98. The van der Waals surface area contributed by atoms with E-state index in [0.717, 1.165) is 28.3 Å². The van der Waals surface area contributed by atoms with E-state index < -0.39 is 6.10 Å². The molecule has 5 nitrogen and oxygen atoms in total. The van der Waals surface area contributed by atoms with Crippen LogP contribution in [0.4, 0.5) is 0 Å². The van der Waals surface area contributed by atoms with Crippen LogP contribution >= 0.6 is 0 Å².